The zero-order valence-corrected chi connectivity index (χ0v) is 13.1. The largest absolute Gasteiger partial charge is 0.467 e. The number of benzene rings is 1. The second-order valence-corrected chi connectivity index (χ2v) is 5.77. The number of ether oxygens (including phenoxy) is 1. The van der Waals surface area contributed by atoms with Crippen LogP contribution in [-0.4, -0.2) is 31.1 Å². The topological polar surface area (TPSA) is 67.4 Å². The third-order valence-corrected chi connectivity index (χ3v) is 4.12. The molecule has 1 amide bonds. The Morgan fingerprint density at radius 3 is 2.45 bits per heavy atom. The summed E-state index contributed by atoms with van der Waals surface area (Å²) in [6.45, 7) is 0.813. The van der Waals surface area contributed by atoms with Crippen LogP contribution in [0, 0.1) is 0 Å². The molecule has 0 atom stereocenters. The van der Waals surface area contributed by atoms with E-state index >= 15 is 0 Å². The van der Waals surface area contributed by atoms with E-state index in [2.05, 4.69) is 10.6 Å². The molecule has 0 bridgehead atoms. The number of carbonyl (C=O) groups excluding carboxylic acids is 2. The van der Waals surface area contributed by atoms with Crippen LogP contribution in [0.4, 0.5) is 0 Å². The van der Waals surface area contributed by atoms with Gasteiger partial charge in [0.05, 0.1) is 13.7 Å². The first-order valence-electron chi connectivity index (χ1n) is 7.80. The van der Waals surface area contributed by atoms with Gasteiger partial charge in [-0.25, -0.2) is 4.79 Å². The second-order valence-electron chi connectivity index (χ2n) is 5.77. The van der Waals surface area contributed by atoms with Gasteiger partial charge in [-0.3, -0.25) is 4.79 Å². The summed E-state index contributed by atoms with van der Waals surface area (Å²) < 4.78 is 4.89. The van der Waals surface area contributed by atoms with E-state index in [0.29, 0.717) is 19.4 Å². The van der Waals surface area contributed by atoms with Gasteiger partial charge in [-0.2, -0.15) is 0 Å². The average molecular weight is 304 g/mol. The van der Waals surface area contributed by atoms with Gasteiger partial charge in [-0.15, -0.1) is 0 Å². The van der Waals surface area contributed by atoms with Crippen LogP contribution in [0.5, 0.6) is 0 Å². The Balaban J connectivity index is 1.84. The van der Waals surface area contributed by atoms with E-state index < -0.39 is 5.54 Å². The molecule has 5 nitrogen and oxygen atoms in total. The van der Waals surface area contributed by atoms with Crippen molar-refractivity contribution in [2.24, 2.45) is 0 Å². The Labute approximate surface area is 131 Å². The van der Waals surface area contributed by atoms with E-state index in [1.165, 1.54) is 7.11 Å². The Bertz CT molecular complexity index is 496. The highest BCUT2D eigenvalue weighted by atomic mass is 16.5. The summed E-state index contributed by atoms with van der Waals surface area (Å²) >= 11 is 0. The van der Waals surface area contributed by atoms with Crippen LogP contribution in [0.3, 0.4) is 0 Å². The number of methoxy groups -OCH3 is 1. The average Bonchev–Trinajstić information content (AvgIpc) is 2.56. The van der Waals surface area contributed by atoms with E-state index in [-0.39, 0.29) is 18.4 Å². The lowest BCUT2D eigenvalue weighted by Crippen LogP contribution is -2.57. The van der Waals surface area contributed by atoms with Gasteiger partial charge in [0.2, 0.25) is 5.91 Å². The molecule has 0 heterocycles. The SMILES string of the molecule is COC(=O)C1(NC(=O)CNCc2ccccc2)CCCCC1. The third-order valence-electron chi connectivity index (χ3n) is 4.12. The van der Waals surface area contributed by atoms with Crippen LogP contribution in [-0.2, 0) is 20.9 Å². The molecule has 1 aromatic rings. The Morgan fingerprint density at radius 1 is 1.14 bits per heavy atom. The van der Waals surface area contributed by atoms with Gasteiger partial charge in [0.1, 0.15) is 5.54 Å². The quantitative estimate of drug-likeness (QED) is 0.786. The molecule has 0 unspecified atom stereocenters. The van der Waals surface area contributed by atoms with Gasteiger partial charge < -0.3 is 15.4 Å². The minimum atomic E-state index is -0.835. The van der Waals surface area contributed by atoms with Gasteiger partial charge in [0.25, 0.3) is 0 Å². The van der Waals surface area contributed by atoms with Crippen LogP contribution in [0.1, 0.15) is 37.7 Å². The van der Waals surface area contributed by atoms with Gasteiger partial charge in [0, 0.05) is 6.54 Å². The molecule has 1 aliphatic carbocycles. The van der Waals surface area contributed by atoms with Crippen LogP contribution in [0.25, 0.3) is 0 Å². The molecule has 120 valence electrons. The van der Waals surface area contributed by atoms with Crippen molar-refractivity contribution in [2.75, 3.05) is 13.7 Å². The molecule has 2 N–H and O–H groups in total. The van der Waals surface area contributed by atoms with E-state index in [9.17, 15) is 9.59 Å². The first kappa shape index (κ1) is 16.5. The molecule has 0 spiro atoms. The summed E-state index contributed by atoms with van der Waals surface area (Å²) in [5, 5.41) is 5.99. The van der Waals surface area contributed by atoms with Crippen molar-refractivity contribution in [3.8, 4) is 0 Å². The number of nitrogens with one attached hydrogen (secondary N) is 2. The Kier molecular flexibility index (Phi) is 5.95. The van der Waals surface area contributed by atoms with Crippen molar-refractivity contribution in [2.45, 2.75) is 44.2 Å². The summed E-state index contributed by atoms with van der Waals surface area (Å²) in [6, 6.07) is 9.89. The molecule has 22 heavy (non-hydrogen) atoms. The highest BCUT2D eigenvalue weighted by molar-refractivity contribution is 5.88. The number of hydrogen-bond acceptors (Lipinski definition) is 4. The predicted molar refractivity (Wildman–Crippen MR) is 84.1 cm³/mol. The molecule has 0 saturated heterocycles. The van der Waals surface area contributed by atoms with Crippen molar-refractivity contribution in [1.82, 2.24) is 10.6 Å². The zero-order chi connectivity index (χ0) is 15.8. The maximum Gasteiger partial charge on any atom is 0.331 e. The molecule has 1 fully saturated rings. The summed E-state index contributed by atoms with van der Waals surface area (Å²) in [4.78, 5) is 24.2. The molecule has 5 heteroatoms. The van der Waals surface area contributed by atoms with Crippen molar-refractivity contribution in [3.05, 3.63) is 35.9 Å². The molecular formula is C17H24N2O3. The highest BCUT2D eigenvalue weighted by Crippen LogP contribution is 2.29. The van der Waals surface area contributed by atoms with Crippen LogP contribution in [0.2, 0.25) is 0 Å². The van der Waals surface area contributed by atoms with E-state index in [1.807, 2.05) is 30.3 Å². The van der Waals surface area contributed by atoms with Crippen LogP contribution >= 0.6 is 0 Å². The maximum atomic E-state index is 12.1. The molecule has 0 radical (unpaired) electrons. The zero-order valence-electron chi connectivity index (χ0n) is 13.1. The van der Waals surface area contributed by atoms with Crippen molar-refractivity contribution >= 4 is 11.9 Å². The Hall–Kier alpha value is -1.88. The second kappa shape index (κ2) is 7.94. The molecule has 2 rings (SSSR count). The summed E-state index contributed by atoms with van der Waals surface area (Å²) in [7, 11) is 1.37. The highest BCUT2D eigenvalue weighted by Gasteiger charge is 2.41. The van der Waals surface area contributed by atoms with E-state index in [1.54, 1.807) is 0 Å². The fraction of sp³-hybridized carbons (Fsp3) is 0.529. The minimum Gasteiger partial charge on any atom is -0.467 e. The number of rotatable bonds is 6. The fourth-order valence-electron chi connectivity index (χ4n) is 2.96. The first-order valence-corrected chi connectivity index (χ1v) is 7.80. The molecule has 1 aromatic carbocycles. The monoisotopic (exact) mass is 304 g/mol. The number of carbonyl (C=O) groups is 2. The van der Waals surface area contributed by atoms with Crippen molar-refractivity contribution < 1.29 is 14.3 Å². The lowest BCUT2D eigenvalue weighted by molar-refractivity contribution is -0.152. The summed E-state index contributed by atoms with van der Waals surface area (Å²) in [6.07, 6.45) is 4.29. The lowest BCUT2D eigenvalue weighted by Gasteiger charge is -2.35. The van der Waals surface area contributed by atoms with Crippen molar-refractivity contribution in [1.29, 1.82) is 0 Å². The standard InChI is InChI=1S/C17H24N2O3/c1-22-16(21)17(10-6-3-7-11-17)19-15(20)13-18-12-14-8-4-2-5-9-14/h2,4-5,8-9,18H,3,6-7,10-13H2,1H3,(H,19,20). The van der Waals surface area contributed by atoms with Gasteiger partial charge in [0.15, 0.2) is 0 Å². The first-order chi connectivity index (χ1) is 10.7. The van der Waals surface area contributed by atoms with Gasteiger partial charge >= 0.3 is 5.97 Å². The van der Waals surface area contributed by atoms with E-state index in [0.717, 1.165) is 24.8 Å². The number of amides is 1. The molecule has 1 aliphatic rings. The predicted octanol–water partition coefficient (Wildman–Crippen LogP) is 1.77. The van der Waals surface area contributed by atoms with Crippen molar-refractivity contribution in [3.63, 3.8) is 0 Å². The maximum absolute atomic E-state index is 12.1. The molecule has 0 aromatic heterocycles. The van der Waals surface area contributed by atoms with Crippen LogP contribution < -0.4 is 10.6 Å². The van der Waals surface area contributed by atoms with E-state index in [4.69, 9.17) is 4.74 Å². The summed E-state index contributed by atoms with van der Waals surface area (Å²) in [5.74, 6) is -0.494. The fourth-order valence-corrected chi connectivity index (χ4v) is 2.96. The molecule has 0 aliphatic heterocycles. The molecular weight excluding hydrogens is 280 g/mol. The number of esters is 1. The lowest BCUT2D eigenvalue weighted by atomic mass is 9.81. The minimum absolute atomic E-state index is 0.164. The smallest absolute Gasteiger partial charge is 0.331 e. The van der Waals surface area contributed by atoms with Gasteiger partial charge in [-0.1, -0.05) is 49.6 Å². The van der Waals surface area contributed by atoms with Crippen LogP contribution in [0.15, 0.2) is 30.3 Å². The number of hydrogen-bond donors (Lipinski definition) is 2. The normalized spacial score (nSPS) is 16.8. The third kappa shape index (κ3) is 4.31. The van der Waals surface area contributed by atoms with Gasteiger partial charge in [-0.05, 0) is 18.4 Å². The summed E-state index contributed by atoms with van der Waals surface area (Å²) in [5.41, 5.74) is 0.286. The molecule has 1 saturated carbocycles. The Morgan fingerprint density at radius 2 is 1.82 bits per heavy atom.